The molecule has 0 aliphatic carbocycles. The number of rotatable bonds is 7. The van der Waals surface area contributed by atoms with Gasteiger partial charge in [0.2, 0.25) is 15.9 Å². The van der Waals surface area contributed by atoms with Crippen LogP contribution in [0.3, 0.4) is 0 Å². The van der Waals surface area contributed by atoms with Crippen molar-refractivity contribution in [1.82, 2.24) is 9.62 Å². The molecule has 0 rings (SSSR count). The second kappa shape index (κ2) is 7.01. The number of amides is 1. The van der Waals surface area contributed by atoms with E-state index in [1.807, 2.05) is 0 Å². The van der Waals surface area contributed by atoms with Crippen LogP contribution in [0.5, 0.6) is 0 Å². The minimum absolute atomic E-state index is 0.0445. The molecule has 0 radical (unpaired) electrons. The van der Waals surface area contributed by atoms with Crippen LogP contribution in [-0.2, 0) is 14.8 Å². The lowest BCUT2D eigenvalue weighted by atomic mass is 10.2. The van der Waals surface area contributed by atoms with Crippen molar-refractivity contribution >= 4 is 33.1 Å². The first-order chi connectivity index (χ1) is 8.18. The summed E-state index contributed by atoms with van der Waals surface area (Å²) in [7, 11) is -0.663. The Morgan fingerprint density at radius 3 is 2.33 bits per heavy atom. The van der Waals surface area contributed by atoms with Gasteiger partial charge in [0.1, 0.15) is 5.25 Å². The minimum atomic E-state index is -3.60. The first-order valence-corrected chi connectivity index (χ1v) is 7.55. The van der Waals surface area contributed by atoms with Crippen molar-refractivity contribution in [2.45, 2.75) is 25.5 Å². The molecule has 18 heavy (non-hydrogen) atoms. The molecule has 0 aliphatic rings. The lowest BCUT2D eigenvalue weighted by Gasteiger charge is -2.24. The topological polar surface area (TPSA) is 92.5 Å². The van der Waals surface area contributed by atoms with Gasteiger partial charge >= 0.3 is 0 Å². The van der Waals surface area contributed by atoms with Gasteiger partial charge in [0.15, 0.2) is 0 Å². The molecule has 0 aromatic rings. The fraction of sp³-hybridized carbons (Fsp3) is 0.800. The maximum Gasteiger partial charge on any atom is 0.223 e. The predicted molar refractivity (Wildman–Crippen MR) is 75.6 cm³/mol. The van der Waals surface area contributed by atoms with Gasteiger partial charge in [-0.25, -0.2) is 12.7 Å². The monoisotopic (exact) mass is 295 g/mol. The number of hydrogen-bond acceptors (Lipinski definition) is 4. The SMILES string of the molecule is CCC(C(N)=S)S(=O)(=O)N(C)CC(C)C(=O)NC. The fourth-order valence-electron chi connectivity index (χ4n) is 1.59. The fourth-order valence-corrected chi connectivity index (χ4v) is 3.71. The molecule has 0 saturated carbocycles. The molecule has 0 spiro atoms. The van der Waals surface area contributed by atoms with E-state index in [-0.39, 0.29) is 17.4 Å². The van der Waals surface area contributed by atoms with E-state index in [0.29, 0.717) is 6.42 Å². The Kier molecular flexibility index (Phi) is 6.72. The zero-order valence-corrected chi connectivity index (χ0v) is 12.8. The molecule has 106 valence electrons. The predicted octanol–water partition coefficient (Wildman–Crippen LogP) is -0.305. The summed E-state index contributed by atoms with van der Waals surface area (Å²) < 4.78 is 25.5. The van der Waals surface area contributed by atoms with Crippen LogP contribution in [0, 0.1) is 5.92 Å². The summed E-state index contributed by atoms with van der Waals surface area (Å²) in [5.41, 5.74) is 5.43. The third kappa shape index (κ3) is 4.18. The Labute approximate surface area is 114 Å². The van der Waals surface area contributed by atoms with Crippen LogP contribution in [0.15, 0.2) is 0 Å². The van der Waals surface area contributed by atoms with Crippen LogP contribution in [0.4, 0.5) is 0 Å². The molecule has 6 nitrogen and oxygen atoms in total. The van der Waals surface area contributed by atoms with Gasteiger partial charge in [-0.3, -0.25) is 4.79 Å². The van der Waals surface area contributed by atoms with Crippen LogP contribution < -0.4 is 11.1 Å². The summed E-state index contributed by atoms with van der Waals surface area (Å²) in [4.78, 5) is 11.3. The zero-order valence-electron chi connectivity index (χ0n) is 11.1. The van der Waals surface area contributed by atoms with Crippen LogP contribution >= 0.6 is 12.2 Å². The molecule has 0 heterocycles. The Morgan fingerprint density at radius 1 is 1.50 bits per heavy atom. The molecular formula is C10H21N3O3S2. The summed E-state index contributed by atoms with van der Waals surface area (Å²) in [5.74, 6) is -0.640. The second-order valence-corrected chi connectivity index (χ2v) is 6.83. The molecule has 3 N–H and O–H groups in total. The van der Waals surface area contributed by atoms with E-state index in [2.05, 4.69) is 5.32 Å². The Balaban J connectivity index is 4.92. The average molecular weight is 295 g/mol. The van der Waals surface area contributed by atoms with E-state index in [9.17, 15) is 13.2 Å². The largest absolute Gasteiger partial charge is 0.392 e. The summed E-state index contributed by atoms with van der Waals surface area (Å²) in [5, 5.41) is 1.60. The standard InChI is InChI=1S/C10H21N3O3S2/c1-5-8(9(11)17)18(15,16)13(4)6-7(2)10(14)12-3/h7-8H,5-6H2,1-4H3,(H2,11,17)(H,12,14). The van der Waals surface area contributed by atoms with E-state index in [1.165, 1.54) is 14.1 Å². The van der Waals surface area contributed by atoms with Crippen molar-refractivity contribution in [1.29, 1.82) is 0 Å². The summed E-state index contributed by atoms with van der Waals surface area (Å²) in [6.45, 7) is 3.46. The molecule has 0 fully saturated rings. The Morgan fingerprint density at radius 2 is 2.00 bits per heavy atom. The minimum Gasteiger partial charge on any atom is -0.392 e. The van der Waals surface area contributed by atoms with Crippen molar-refractivity contribution < 1.29 is 13.2 Å². The summed E-state index contributed by atoms with van der Waals surface area (Å²) >= 11 is 4.76. The smallest absolute Gasteiger partial charge is 0.223 e. The normalized spacial score (nSPS) is 15.2. The van der Waals surface area contributed by atoms with Gasteiger partial charge in [-0.05, 0) is 6.42 Å². The number of hydrogen-bond donors (Lipinski definition) is 2. The van der Waals surface area contributed by atoms with Gasteiger partial charge in [0.25, 0.3) is 0 Å². The third-order valence-electron chi connectivity index (χ3n) is 2.71. The van der Waals surface area contributed by atoms with Crippen LogP contribution in [-0.4, -0.2) is 49.5 Å². The molecular weight excluding hydrogens is 274 g/mol. The molecule has 0 aliphatic heterocycles. The maximum absolute atomic E-state index is 12.2. The number of nitrogens with one attached hydrogen (secondary N) is 1. The van der Waals surface area contributed by atoms with Crippen molar-refractivity contribution in [2.75, 3.05) is 20.6 Å². The lowest BCUT2D eigenvalue weighted by Crippen LogP contribution is -2.45. The van der Waals surface area contributed by atoms with Gasteiger partial charge in [-0.1, -0.05) is 26.1 Å². The number of nitrogens with two attached hydrogens (primary N) is 1. The molecule has 2 atom stereocenters. The molecule has 0 aromatic carbocycles. The number of sulfonamides is 1. The van der Waals surface area contributed by atoms with E-state index in [4.69, 9.17) is 18.0 Å². The number of nitrogens with zero attached hydrogens (tertiary/aromatic N) is 1. The van der Waals surface area contributed by atoms with Crippen molar-refractivity contribution in [3.05, 3.63) is 0 Å². The Bertz CT molecular complexity index is 409. The first-order valence-electron chi connectivity index (χ1n) is 5.64. The van der Waals surface area contributed by atoms with Crippen LogP contribution in [0.25, 0.3) is 0 Å². The van der Waals surface area contributed by atoms with E-state index in [0.717, 1.165) is 4.31 Å². The molecule has 0 saturated heterocycles. The quantitative estimate of drug-likeness (QED) is 0.629. The highest BCUT2D eigenvalue weighted by Gasteiger charge is 2.32. The molecule has 0 aromatic heterocycles. The average Bonchev–Trinajstić information content (AvgIpc) is 2.27. The highest BCUT2D eigenvalue weighted by Crippen LogP contribution is 2.13. The van der Waals surface area contributed by atoms with Crippen LogP contribution in [0.2, 0.25) is 0 Å². The molecule has 1 amide bonds. The van der Waals surface area contributed by atoms with Gasteiger partial charge in [-0.2, -0.15) is 0 Å². The highest BCUT2D eigenvalue weighted by atomic mass is 32.2. The van der Waals surface area contributed by atoms with E-state index in [1.54, 1.807) is 13.8 Å². The molecule has 0 bridgehead atoms. The van der Waals surface area contributed by atoms with Crippen molar-refractivity contribution in [3.8, 4) is 0 Å². The lowest BCUT2D eigenvalue weighted by molar-refractivity contribution is -0.124. The summed E-state index contributed by atoms with van der Waals surface area (Å²) in [6.07, 6.45) is 0.316. The Hall–Kier alpha value is -0.730. The number of carbonyl (C=O) groups is 1. The summed E-state index contributed by atoms with van der Waals surface area (Å²) in [6, 6.07) is 0. The van der Waals surface area contributed by atoms with Crippen molar-refractivity contribution in [2.24, 2.45) is 11.7 Å². The third-order valence-corrected chi connectivity index (χ3v) is 5.47. The second-order valence-electron chi connectivity index (χ2n) is 4.14. The van der Waals surface area contributed by atoms with Gasteiger partial charge in [0, 0.05) is 26.6 Å². The number of carbonyl (C=O) groups excluding carboxylic acids is 1. The van der Waals surface area contributed by atoms with Gasteiger partial charge < -0.3 is 11.1 Å². The van der Waals surface area contributed by atoms with Crippen LogP contribution in [0.1, 0.15) is 20.3 Å². The zero-order chi connectivity index (χ0) is 14.5. The van der Waals surface area contributed by atoms with Crippen molar-refractivity contribution in [3.63, 3.8) is 0 Å². The van der Waals surface area contributed by atoms with Gasteiger partial charge in [-0.15, -0.1) is 0 Å². The maximum atomic E-state index is 12.2. The molecule has 8 heteroatoms. The number of thiocarbonyl (C=S) groups is 1. The van der Waals surface area contributed by atoms with Gasteiger partial charge in [0.05, 0.1) is 4.99 Å². The first kappa shape index (κ1) is 17.3. The molecule has 2 unspecified atom stereocenters. The van der Waals surface area contributed by atoms with E-state index >= 15 is 0 Å². The van der Waals surface area contributed by atoms with E-state index < -0.39 is 21.2 Å². The highest BCUT2D eigenvalue weighted by molar-refractivity contribution is 7.92.